The van der Waals surface area contributed by atoms with Crippen LogP contribution in [0.25, 0.3) is 28.1 Å². The van der Waals surface area contributed by atoms with Crippen LogP contribution in [-0.4, -0.2) is 40.8 Å². The van der Waals surface area contributed by atoms with Crippen LogP contribution in [0.15, 0.2) is 54.9 Å². The van der Waals surface area contributed by atoms with Crippen molar-refractivity contribution in [3.63, 3.8) is 0 Å². The highest BCUT2D eigenvalue weighted by molar-refractivity contribution is 5.92. The average Bonchev–Trinajstić information content (AvgIpc) is 3.39. The zero-order valence-electron chi connectivity index (χ0n) is 17.0. The molecule has 8 nitrogen and oxygen atoms in total. The summed E-state index contributed by atoms with van der Waals surface area (Å²) < 4.78 is 1.74. The summed E-state index contributed by atoms with van der Waals surface area (Å²) in [6.07, 6.45) is 2.73. The van der Waals surface area contributed by atoms with Gasteiger partial charge in [-0.05, 0) is 44.0 Å². The molecule has 0 fully saturated rings. The number of hydrogen-bond acceptors (Lipinski definition) is 6. The Hall–Kier alpha value is -4.22. The molecular formula is C23H19N7O. The summed E-state index contributed by atoms with van der Waals surface area (Å²) in [4.78, 5) is 16.9. The third-order valence-corrected chi connectivity index (χ3v) is 4.72. The van der Waals surface area contributed by atoms with Crippen LogP contribution in [0.2, 0.25) is 0 Å². The number of anilines is 2. The van der Waals surface area contributed by atoms with Crippen LogP contribution in [0.3, 0.4) is 0 Å². The van der Waals surface area contributed by atoms with Crippen LogP contribution in [0.1, 0.15) is 18.3 Å². The van der Waals surface area contributed by atoms with Crippen LogP contribution >= 0.6 is 0 Å². The van der Waals surface area contributed by atoms with Crippen molar-refractivity contribution in [1.82, 2.24) is 29.5 Å². The monoisotopic (exact) mass is 409 g/mol. The molecule has 3 N–H and O–H groups in total. The SMILES string of the molecule is Cc1cccc(-c2cc(Nc3ccnc4[nH]c(C#C[C@H](C)O)cc34)n3nccc3n2)n1. The number of nitrogens with one attached hydrogen (secondary N) is 2. The zero-order valence-corrected chi connectivity index (χ0v) is 17.0. The lowest BCUT2D eigenvalue weighted by Gasteiger charge is -2.11. The van der Waals surface area contributed by atoms with Gasteiger partial charge in [-0.15, -0.1) is 0 Å². The van der Waals surface area contributed by atoms with Crippen molar-refractivity contribution >= 4 is 28.2 Å². The molecule has 5 heterocycles. The summed E-state index contributed by atoms with van der Waals surface area (Å²) in [5.41, 5.74) is 5.42. The molecule has 152 valence electrons. The Morgan fingerprint density at radius 3 is 2.84 bits per heavy atom. The minimum absolute atomic E-state index is 0.682. The van der Waals surface area contributed by atoms with Gasteiger partial charge in [-0.1, -0.05) is 12.0 Å². The Morgan fingerprint density at radius 1 is 1.10 bits per heavy atom. The molecule has 1 atom stereocenters. The highest BCUT2D eigenvalue weighted by Crippen LogP contribution is 2.28. The minimum atomic E-state index is -0.699. The fraction of sp³-hybridized carbons (Fsp3) is 0.130. The van der Waals surface area contributed by atoms with E-state index < -0.39 is 6.10 Å². The molecule has 0 saturated carbocycles. The number of aromatic nitrogens is 6. The smallest absolute Gasteiger partial charge is 0.158 e. The summed E-state index contributed by atoms with van der Waals surface area (Å²) in [5, 5.41) is 18.2. The molecule has 8 heteroatoms. The van der Waals surface area contributed by atoms with Gasteiger partial charge in [0.25, 0.3) is 0 Å². The third kappa shape index (κ3) is 3.70. The molecule has 0 spiro atoms. The Morgan fingerprint density at radius 2 is 2.00 bits per heavy atom. The molecule has 0 amide bonds. The normalized spacial score (nSPS) is 12.0. The van der Waals surface area contributed by atoms with Gasteiger partial charge in [-0.3, -0.25) is 4.98 Å². The molecule has 0 bridgehead atoms. The molecule has 5 rings (SSSR count). The van der Waals surface area contributed by atoms with E-state index in [-0.39, 0.29) is 0 Å². The first-order chi connectivity index (χ1) is 15.1. The first kappa shape index (κ1) is 18.8. The maximum Gasteiger partial charge on any atom is 0.158 e. The lowest BCUT2D eigenvalue weighted by atomic mass is 10.2. The minimum Gasteiger partial charge on any atom is -0.381 e. The fourth-order valence-electron chi connectivity index (χ4n) is 3.34. The van der Waals surface area contributed by atoms with E-state index in [1.807, 2.05) is 49.4 Å². The van der Waals surface area contributed by atoms with Crippen LogP contribution in [0, 0.1) is 18.8 Å². The molecule has 0 unspecified atom stereocenters. The number of H-pyrrole nitrogens is 1. The van der Waals surface area contributed by atoms with Gasteiger partial charge >= 0.3 is 0 Å². The summed E-state index contributed by atoms with van der Waals surface area (Å²) in [6, 6.07) is 13.4. The molecule has 0 aliphatic rings. The van der Waals surface area contributed by atoms with Gasteiger partial charge in [-0.25, -0.2) is 9.97 Å². The maximum absolute atomic E-state index is 9.42. The van der Waals surface area contributed by atoms with Crippen molar-refractivity contribution < 1.29 is 5.11 Å². The summed E-state index contributed by atoms with van der Waals surface area (Å²) in [5.74, 6) is 6.42. The van der Waals surface area contributed by atoms with Crippen molar-refractivity contribution in [2.45, 2.75) is 20.0 Å². The standard InChI is InChI=1S/C23H19N7O/c1-14-4-3-5-19(26-14)20-13-22(30-21(29-20)9-11-25-30)28-18-8-10-24-23-17(18)12-16(27-23)7-6-15(2)31/h3-5,8-13,15,31H,1-2H3,(H2,24,27,28)/t15-/m0/s1. The number of fused-ring (bicyclic) bond motifs is 2. The summed E-state index contributed by atoms with van der Waals surface area (Å²) in [7, 11) is 0. The fourth-order valence-corrected chi connectivity index (χ4v) is 3.34. The molecule has 0 aromatic carbocycles. The number of nitrogens with zero attached hydrogens (tertiary/aromatic N) is 5. The molecular weight excluding hydrogens is 390 g/mol. The van der Waals surface area contributed by atoms with Gasteiger partial charge in [0, 0.05) is 29.4 Å². The van der Waals surface area contributed by atoms with Crippen LogP contribution in [0.5, 0.6) is 0 Å². The first-order valence-electron chi connectivity index (χ1n) is 9.80. The molecule has 0 aliphatic carbocycles. The molecule has 5 aromatic heterocycles. The number of aliphatic hydroxyl groups excluding tert-OH is 1. The highest BCUT2D eigenvalue weighted by atomic mass is 16.3. The summed E-state index contributed by atoms with van der Waals surface area (Å²) in [6.45, 7) is 3.58. The van der Waals surface area contributed by atoms with Crippen molar-refractivity contribution in [3.05, 3.63) is 66.2 Å². The van der Waals surface area contributed by atoms with Crippen molar-refractivity contribution in [2.24, 2.45) is 0 Å². The highest BCUT2D eigenvalue weighted by Gasteiger charge is 2.12. The Balaban J connectivity index is 1.60. The number of aryl methyl sites for hydroxylation is 1. The molecule has 0 saturated heterocycles. The predicted octanol–water partition coefficient (Wildman–Crippen LogP) is 3.45. The second kappa shape index (κ2) is 7.55. The second-order valence-corrected chi connectivity index (χ2v) is 7.17. The van der Waals surface area contributed by atoms with Gasteiger partial charge in [0.2, 0.25) is 0 Å². The van der Waals surface area contributed by atoms with E-state index in [4.69, 9.17) is 4.98 Å². The predicted molar refractivity (Wildman–Crippen MR) is 119 cm³/mol. The average molecular weight is 409 g/mol. The third-order valence-electron chi connectivity index (χ3n) is 4.72. The lowest BCUT2D eigenvalue weighted by Crippen LogP contribution is -2.03. The van der Waals surface area contributed by atoms with Gasteiger partial charge < -0.3 is 15.4 Å². The van der Waals surface area contributed by atoms with Crippen molar-refractivity contribution in [1.29, 1.82) is 0 Å². The topological polar surface area (TPSA) is 104 Å². The number of pyridine rings is 2. The quantitative estimate of drug-likeness (QED) is 0.394. The van der Waals surface area contributed by atoms with Crippen LogP contribution in [-0.2, 0) is 0 Å². The molecule has 5 aromatic rings. The van der Waals surface area contributed by atoms with Crippen molar-refractivity contribution in [2.75, 3.05) is 5.32 Å². The van der Waals surface area contributed by atoms with E-state index in [1.54, 1.807) is 23.8 Å². The van der Waals surface area contributed by atoms with E-state index in [0.29, 0.717) is 17.0 Å². The van der Waals surface area contributed by atoms with E-state index in [9.17, 15) is 5.11 Å². The Labute approximate surface area is 178 Å². The van der Waals surface area contributed by atoms with E-state index >= 15 is 0 Å². The number of hydrogen-bond donors (Lipinski definition) is 3. The van der Waals surface area contributed by atoms with Crippen LogP contribution < -0.4 is 5.32 Å². The molecule has 0 radical (unpaired) electrons. The Kier molecular flexibility index (Phi) is 4.58. The van der Waals surface area contributed by atoms with Crippen molar-refractivity contribution in [3.8, 4) is 23.2 Å². The molecule has 31 heavy (non-hydrogen) atoms. The van der Waals surface area contributed by atoms with E-state index in [2.05, 4.69) is 37.2 Å². The first-order valence-corrected chi connectivity index (χ1v) is 9.80. The molecule has 0 aliphatic heterocycles. The lowest BCUT2D eigenvalue weighted by molar-refractivity contribution is 0.253. The van der Waals surface area contributed by atoms with Gasteiger partial charge in [-0.2, -0.15) is 9.61 Å². The van der Waals surface area contributed by atoms with Crippen LogP contribution in [0.4, 0.5) is 11.5 Å². The summed E-state index contributed by atoms with van der Waals surface area (Å²) >= 11 is 0. The number of aliphatic hydroxyl groups is 1. The second-order valence-electron chi connectivity index (χ2n) is 7.17. The Bertz CT molecular complexity index is 1470. The van der Waals surface area contributed by atoms with Gasteiger partial charge in [0.15, 0.2) is 5.65 Å². The van der Waals surface area contributed by atoms with E-state index in [1.165, 1.54) is 0 Å². The van der Waals surface area contributed by atoms with E-state index in [0.717, 1.165) is 34.0 Å². The van der Waals surface area contributed by atoms with Gasteiger partial charge in [0.05, 0.1) is 29.0 Å². The largest absolute Gasteiger partial charge is 0.381 e. The maximum atomic E-state index is 9.42. The zero-order chi connectivity index (χ0) is 21.4. The van der Waals surface area contributed by atoms with Gasteiger partial charge in [0.1, 0.15) is 17.6 Å². The number of aromatic amines is 1. The number of rotatable bonds is 3.